The van der Waals surface area contributed by atoms with Gasteiger partial charge in [0.05, 0.1) is 5.92 Å². The highest BCUT2D eigenvalue weighted by molar-refractivity contribution is 5.80. The molecule has 114 valence electrons. The van der Waals surface area contributed by atoms with Crippen LogP contribution in [0.4, 0.5) is 0 Å². The van der Waals surface area contributed by atoms with Crippen molar-refractivity contribution in [2.75, 3.05) is 6.61 Å². The number of ether oxygens (including phenoxy) is 1. The van der Waals surface area contributed by atoms with Crippen molar-refractivity contribution in [3.8, 4) is 5.75 Å². The second kappa shape index (κ2) is 5.48. The van der Waals surface area contributed by atoms with Crippen molar-refractivity contribution in [1.82, 2.24) is 14.9 Å². The Morgan fingerprint density at radius 1 is 1.36 bits per heavy atom. The lowest BCUT2D eigenvalue weighted by molar-refractivity contribution is -0.127. The highest BCUT2D eigenvalue weighted by atomic mass is 16.5. The van der Waals surface area contributed by atoms with Crippen LogP contribution in [-0.4, -0.2) is 28.1 Å². The third-order valence-corrected chi connectivity index (χ3v) is 4.53. The number of nitrogens with one attached hydrogen (secondary N) is 1. The second-order valence-electron chi connectivity index (χ2n) is 6.06. The molecule has 0 unspecified atom stereocenters. The van der Waals surface area contributed by atoms with Crippen molar-refractivity contribution >= 4 is 5.91 Å². The zero-order valence-electron chi connectivity index (χ0n) is 12.4. The quantitative estimate of drug-likeness (QED) is 0.915. The normalized spacial score (nSPS) is 23.1. The fourth-order valence-corrected chi connectivity index (χ4v) is 3.30. The van der Waals surface area contributed by atoms with Crippen LogP contribution in [0.25, 0.3) is 0 Å². The first-order chi connectivity index (χ1) is 10.8. The summed E-state index contributed by atoms with van der Waals surface area (Å²) in [5.74, 6) is 2.02. The van der Waals surface area contributed by atoms with E-state index in [1.54, 1.807) is 0 Å². The van der Waals surface area contributed by atoms with Crippen LogP contribution < -0.4 is 10.1 Å². The molecule has 22 heavy (non-hydrogen) atoms. The molecule has 2 aliphatic heterocycles. The van der Waals surface area contributed by atoms with E-state index in [0.29, 0.717) is 6.61 Å². The molecule has 2 aromatic rings. The first kappa shape index (κ1) is 13.4. The van der Waals surface area contributed by atoms with Crippen molar-refractivity contribution in [3.05, 3.63) is 48.0 Å². The fourth-order valence-electron chi connectivity index (χ4n) is 3.30. The Bertz CT molecular complexity index is 695. The van der Waals surface area contributed by atoms with E-state index >= 15 is 0 Å². The zero-order chi connectivity index (χ0) is 14.9. The van der Waals surface area contributed by atoms with Crippen LogP contribution in [0.2, 0.25) is 0 Å². The van der Waals surface area contributed by atoms with Crippen molar-refractivity contribution in [3.63, 3.8) is 0 Å². The van der Waals surface area contributed by atoms with Gasteiger partial charge in [-0.3, -0.25) is 4.79 Å². The highest BCUT2D eigenvalue weighted by Crippen LogP contribution is 2.27. The number of fused-ring (bicyclic) bond motifs is 2. The van der Waals surface area contributed by atoms with Crippen molar-refractivity contribution in [2.24, 2.45) is 5.92 Å². The standard InChI is InChI=1S/C17H19N3O2/c21-17(13-9-12-3-1-2-4-15(12)22-11-13)19-14-5-6-16-18-7-8-20(16)10-14/h1-4,7-8,13-14H,5-6,9-11H2,(H,19,21)/t13-,14+/m1/s1. The summed E-state index contributed by atoms with van der Waals surface area (Å²) in [6, 6.07) is 8.14. The number of imidazole rings is 1. The molecule has 2 aliphatic rings. The van der Waals surface area contributed by atoms with Crippen LogP contribution in [0.1, 0.15) is 17.8 Å². The van der Waals surface area contributed by atoms with E-state index in [9.17, 15) is 4.79 Å². The average Bonchev–Trinajstić information content (AvgIpc) is 3.02. The van der Waals surface area contributed by atoms with Gasteiger partial charge in [0.1, 0.15) is 18.2 Å². The molecular formula is C17H19N3O2. The van der Waals surface area contributed by atoms with E-state index in [0.717, 1.165) is 42.9 Å². The maximum absolute atomic E-state index is 12.5. The second-order valence-corrected chi connectivity index (χ2v) is 6.06. The first-order valence-corrected chi connectivity index (χ1v) is 7.80. The van der Waals surface area contributed by atoms with E-state index in [1.807, 2.05) is 36.7 Å². The van der Waals surface area contributed by atoms with E-state index in [1.165, 1.54) is 0 Å². The number of para-hydroxylation sites is 1. The van der Waals surface area contributed by atoms with Gasteiger partial charge in [0.25, 0.3) is 0 Å². The number of aryl methyl sites for hydroxylation is 1. The molecule has 1 amide bonds. The molecule has 2 atom stereocenters. The molecule has 0 radical (unpaired) electrons. The average molecular weight is 297 g/mol. The Hall–Kier alpha value is -2.30. The van der Waals surface area contributed by atoms with E-state index in [4.69, 9.17) is 4.74 Å². The Morgan fingerprint density at radius 2 is 2.27 bits per heavy atom. The summed E-state index contributed by atoms with van der Waals surface area (Å²) in [7, 11) is 0. The number of carbonyl (C=O) groups excluding carboxylic acids is 1. The van der Waals surface area contributed by atoms with Gasteiger partial charge >= 0.3 is 0 Å². The van der Waals surface area contributed by atoms with Gasteiger partial charge in [0.2, 0.25) is 5.91 Å². The minimum absolute atomic E-state index is 0.0981. The number of nitrogens with zero attached hydrogens (tertiary/aromatic N) is 2. The monoisotopic (exact) mass is 297 g/mol. The molecule has 0 fully saturated rings. The molecule has 0 bridgehead atoms. The first-order valence-electron chi connectivity index (χ1n) is 7.80. The van der Waals surface area contributed by atoms with Crippen molar-refractivity contribution < 1.29 is 9.53 Å². The van der Waals surface area contributed by atoms with Gasteiger partial charge in [0, 0.05) is 31.4 Å². The number of aromatic nitrogens is 2. The van der Waals surface area contributed by atoms with Crippen LogP contribution in [0.15, 0.2) is 36.7 Å². The number of amides is 1. The fraction of sp³-hybridized carbons (Fsp3) is 0.412. The van der Waals surface area contributed by atoms with Crippen LogP contribution in [-0.2, 0) is 24.2 Å². The third kappa shape index (κ3) is 2.47. The maximum Gasteiger partial charge on any atom is 0.227 e. The topological polar surface area (TPSA) is 56.2 Å². The van der Waals surface area contributed by atoms with Crippen LogP contribution in [0, 0.1) is 5.92 Å². The molecule has 5 heteroatoms. The summed E-state index contributed by atoms with van der Waals surface area (Å²) in [5.41, 5.74) is 1.12. The number of rotatable bonds is 2. The smallest absolute Gasteiger partial charge is 0.227 e. The molecule has 0 saturated heterocycles. The lowest BCUT2D eigenvalue weighted by atomic mass is 9.95. The van der Waals surface area contributed by atoms with Gasteiger partial charge in [0.15, 0.2) is 0 Å². The van der Waals surface area contributed by atoms with Gasteiger partial charge in [-0.1, -0.05) is 18.2 Å². The maximum atomic E-state index is 12.5. The van der Waals surface area contributed by atoms with Crippen molar-refractivity contribution in [2.45, 2.75) is 31.8 Å². The molecule has 1 aromatic carbocycles. The summed E-state index contributed by atoms with van der Waals surface area (Å²) < 4.78 is 7.84. The number of hydrogen-bond acceptors (Lipinski definition) is 3. The van der Waals surface area contributed by atoms with E-state index in [2.05, 4.69) is 14.9 Å². The molecule has 4 rings (SSSR count). The van der Waals surface area contributed by atoms with Crippen molar-refractivity contribution in [1.29, 1.82) is 0 Å². The van der Waals surface area contributed by atoms with Gasteiger partial charge < -0.3 is 14.6 Å². The van der Waals surface area contributed by atoms with Crippen LogP contribution in [0.3, 0.4) is 0 Å². The highest BCUT2D eigenvalue weighted by Gasteiger charge is 2.28. The van der Waals surface area contributed by atoms with Gasteiger partial charge in [-0.2, -0.15) is 0 Å². The Balaban J connectivity index is 1.39. The summed E-state index contributed by atoms with van der Waals surface area (Å²) in [4.78, 5) is 16.8. The number of carbonyl (C=O) groups is 1. The lowest BCUT2D eigenvalue weighted by Gasteiger charge is -2.29. The number of benzene rings is 1. The summed E-state index contributed by atoms with van der Waals surface area (Å²) in [5, 5.41) is 3.18. The SMILES string of the molecule is O=C(N[C@H]1CCc2nccn2C1)[C@H]1COc2ccccc2C1. The molecule has 0 spiro atoms. The molecular weight excluding hydrogens is 278 g/mol. The Labute approximate surface area is 129 Å². The summed E-state index contributed by atoms with van der Waals surface area (Å²) in [6.45, 7) is 1.27. The summed E-state index contributed by atoms with van der Waals surface area (Å²) >= 11 is 0. The molecule has 5 nitrogen and oxygen atoms in total. The van der Waals surface area contributed by atoms with E-state index in [-0.39, 0.29) is 17.9 Å². The third-order valence-electron chi connectivity index (χ3n) is 4.53. The molecule has 0 saturated carbocycles. The van der Waals surface area contributed by atoms with Gasteiger partial charge in [-0.25, -0.2) is 4.98 Å². The number of hydrogen-bond donors (Lipinski definition) is 1. The van der Waals surface area contributed by atoms with Gasteiger partial charge in [-0.15, -0.1) is 0 Å². The Kier molecular flexibility index (Phi) is 3.33. The largest absolute Gasteiger partial charge is 0.492 e. The predicted octanol–water partition coefficient (Wildman–Crippen LogP) is 1.57. The van der Waals surface area contributed by atoms with E-state index < -0.39 is 0 Å². The summed E-state index contributed by atoms with van der Waals surface area (Å²) in [6.07, 6.45) is 6.43. The zero-order valence-corrected chi connectivity index (χ0v) is 12.4. The van der Waals surface area contributed by atoms with Gasteiger partial charge in [-0.05, 0) is 24.5 Å². The molecule has 3 heterocycles. The lowest BCUT2D eigenvalue weighted by Crippen LogP contribution is -2.46. The Morgan fingerprint density at radius 3 is 3.23 bits per heavy atom. The minimum atomic E-state index is -0.0981. The molecule has 0 aliphatic carbocycles. The molecule has 1 N–H and O–H groups in total. The van der Waals surface area contributed by atoms with Crippen LogP contribution in [0.5, 0.6) is 5.75 Å². The van der Waals surface area contributed by atoms with Crippen LogP contribution >= 0.6 is 0 Å². The predicted molar refractivity (Wildman–Crippen MR) is 81.6 cm³/mol. The minimum Gasteiger partial charge on any atom is -0.492 e. The molecule has 1 aromatic heterocycles.